The van der Waals surface area contributed by atoms with Crippen LogP contribution in [0, 0.1) is 23.0 Å². The highest BCUT2D eigenvalue weighted by molar-refractivity contribution is 6.31. The number of benzene rings is 2. The predicted molar refractivity (Wildman–Crippen MR) is 112 cm³/mol. The van der Waals surface area contributed by atoms with Gasteiger partial charge in [-0.15, -0.1) is 0 Å². The maximum atomic E-state index is 15.0. The lowest BCUT2D eigenvalue weighted by molar-refractivity contribution is -0.157. The molecule has 3 atom stereocenters. The zero-order chi connectivity index (χ0) is 22.9. The number of halogens is 4. The zero-order valence-corrected chi connectivity index (χ0v) is 18.5. The van der Waals surface area contributed by atoms with E-state index in [0.717, 1.165) is 6.07 Å². The molecule has 0 saturated carbocycles. The van der Waals surface area contributed by atoms with Gasteiger partial charge in [0.1, 0.15) is 23.3 Å². The van der Waals surface area contributed by atoms with Gasteiger partial charge in [-0.05, 0) is 51.5 Å². The highest BCUT2D eigenvalue weighted by atomic mass is 35.5. The summed E-state index contributed by atoms with van der Waals surface area (Å²) < 4.78 is 35.2. The van der Waals surface area contributed by atoms with Crippen LogP contribution in [0.2, 0.25) is 10.0 Å². The second-order valence-electron chi connectivity index (χ2n) is 8.12. The van der Waals surface area contributed by atoms with E-state index < -0.39 is 40.6 Å². The summed E-state index contributed by atoms with van der Waals surface area (Å²) in [5.74, 6) is -3.80. The van der Waals surface area contributed by atoms with Crippen molar-refractivity contribution in [2.75, 3.05) is 0 Å². The molecular weight excluding hydrogens is 433 g/mol. The van der Waals surface area contributed by atoms with Crippen LogP contribution in [0.1, 0.15) is 44.7 Å². The number of hydrogen-bond acceptors (Lipinski definition) is 4. The molecule has 0 saturated heterocycles. The van der Waals surface area contributed by atoms with Gasteiger partial charge >= 0.3 is 5.97 Å². The molecule has 0 heterocycles. The van der Waals surface area contributed by atoms with E-state index in [4.69, 9.17) is 33.7 Å². The van der Waals surface area contributed by atoms with E-state index in [1.807, 2.05) is 6.07 Å². The molecule has 0 aliphatic rings. The Morgan fingerprint density at radius 2 is 1.80 bits per heavy atom. The van der Waals surface area contributed by atoms with Gasteiger partial charge < -0.3 is 10.5 Å². The summed E-state index contributed by atoms with van der Waals surface area (Å²) in [6, 6.07) is 8.44. The maximum Gasteiger partial charge on any atom is 0.324 e. The topological polar surface area (TPSA) is 76.1 Å². The monoisotopic (exact) mass is 454 g/mol. The molecule has 0 aliphatic carbocycles. The molecule has 0 radical (unpaired) electrons. The van der Waals surface area contributed by atoms with Crippen molar-refractivity contribution < 1.29 is 18.3 Å². The minimum Gasteiger partial charge on any atom is -0.459 e. The quantitative estimate of drug-likeness (QED) is 0.604. The summed E-state index contributed by atoms with van der Waals surface area (Å²) in [6.45, 7) is 6.33. The predicted octanol–water partition coefficient (Wildman–Crippen LogP) is 5.51. The molecule has 0 bridgehead atoms. The SMILES string of the molecule is CC(C)(C)OC(=O)C(N)C(c1cccc(Cl)c1F)C(C)(C#N)c1ccc(Cl)cc1F. The van der Waals surface area contributed by atoms with Crippen LogP contribution in [0.4, 0.5) is 8.78 Å². The Labute approximate surface area is 184 Å². The van der Waals surface area contributed by atoms with E-state index in [2.05, 4.69) is 0 Å². The Bertz CT molecular complexity index is 1000. The summed E-state index contributed by atoms with van der Waals surface area (Å²) in [6.07, 6.45) is 0. The lowest BCUT2D eigenvalue weighted by atomic mass is 9.66. The van der Waals surface area contributed by atoms with Crippen LogP contribution in [0.15, 0.2) is 36.4 Å². The molecule has 2 aromatic rings. The van der Waals surface area contributed by atoms with Crippen LogP contribution in [0.3, 0.4) is 0 Å². The van der Waals surface area contributed by atoms with Crippen LogP contribution in [0.25, 0.3) is 0 Å². The molecule has 4 nitrogen and oxygen atoms in total. The van der Waals surface area contributed by atoms with Crippen molar-refractivity contribution >= 4 is 29.2 Å². The average Bonchev–Trinajstić information content (AvgIpc) is 2.63. The van der Waals surface area contributed by atoms with Crippen molar-refractivity contribution in [1.82, 2.24) is 0 Å². The number of nitrogens with two attached hydrogens (primary N) is 1. The lowest BCUT2D eigenvalue weighted by Gasteiger charge is -2.37. The normalized spacial score (nSPS) is 15.6. The Balaban J connectivity index is 2.75. The van der Waals surface area contributed by atoms with E-state index in [9.17, 15) is 18.8 Å². The molecule has 3 unspecified atom stereocenters. The summed E-state index contributed by atoms with van der Waals surface area (Å²) in [5.41, 5.74) is 3.40. The van der Waals surface area contributed by atoms with E-state index in [0.29, 0.717) is 0 Å². The molecule has 0 amide bonds. The Morgan fingerprint density at radius 3 is 2.33 bits per heavy atom. The summed E-state index contributed by atoms with van der Waals surface area (Å²) >= 11 is 11.8. The summed E-state index contributed by atoms with van der Waals surface area (Å²) in [5, 5.41) is 9.98. The molecule has 2 rings (SSSR count). The summed E-state index contributed by atoms with van der Waals surface area (Å²) in [7, 11) is 0. The number of carbonyl (C=O) groups excluding carboxylic acids is 1. The van der Waals surface area contributed by atoms with Crippen LogP contribution < -0.4 is 5.73 Å². The van der Waals surface area contributed by atoms with E-state index in [1.165, 1.54) is 37.3 Å². The first kappa shape index (κ1) is 24.1. The number of nitriles is 1. The van der Waals surface area contributed by atoms with Gasteiger partial charge in [-0.2, -0.15) is 5.26 Å². The standard InChI is InChI=1S/C22H22Cl2F2N2O2/c1-21(2,3)30-20(29)19(28)17(13-6-5-7-15(24)18(13)26)22(4,11-27)14-9-8-12(23)10-16(14)25/h5-10,17,19H,28H2,1-4H3. The molecule has 30 heavy (non-hydrogen) atoms. The smallest absolute Gasteiger partial charge is 0.324 e. The second kappa shape index (κ2) is 8.89. The Morgan fingerprint density at radius 1 is 1.17 bits per heavy atom. The van der Waals surface area contributed by atoms with Gasteiger partial charge in [-0.3, -0.25) is 4.79 Å². The summed E-state index contributed by atoms with van der Waals surface area (Å²) in [4.78, 5) is 12.8. The van der Waals surface area contributed by atoms with Crippen molar-refractivity contribution in [3.8, 4) is 6.07 Å². The third-order valence-corrected chi connectivity index (χ3v) is 5.23. The largest absolute Gasteiger partial charge is 0.459 e. The van der Waals surface area contributed by atoms with Crippen LogP contribution in [-0.4, -0.2) is 17.6 Å². The highest BCUT2D eigenvalue weighted by Crippen LogP contribution is 2.44. The molecule has 0 fully saturated rings. The Kier molecular flexibility index (Phi) is 7.13. The molecule has 0 aliphatic heterocycles. The molecular formula is C22H22Cl2F2N2O2. The fraction of sp³-hybridized carbons (Fsp3) is 0.364. The van der Waals surface area contributed by atoms with Crippen molar-refractivity contribution in [3.63, 3.8) is 0 Å². The van der Waals surface area contributed by atoms with Gasteiger partial charge in [0.05, 0.1) is 16.5 Å². The molecule has 2 N–H and O–H groups in total. The second-order valence-corrected chi connectivity index (χ2v) is 8.96. The number of rotatable bonds is 5. The third-order valence-electron chi connectivity index (χ3n) is 4.70. The number of nitrogens with zero attached hydrogens (tertiary/aromatic N) is 1. The van der Waals surface area contributed by atoms with Gasteiger partial charge in [-0.1, -0.05) is 41.4 Å². The number of hydrogen-bond donors (Lipinski definition) is 1. The third kappa shape index (κ3) is 4.92. The van der Waals surface area contributed by atoms with Crippen LogP contribution in [0.5, 0.6) is 0 Å². The fourth-order valence-corrected chi connectivity index (χ4v) is 3.68. The number of carbonyl (C=O) groups is 1. The minimum atomic E-state index is -1.75. The zero-order valence-electron chi connectivity index (χ0n) is 17.0. The molecule has 0 spiro atoms. The highest BCUT2D eigenvalue weighted by Gasteiger charge is 2.47. The number of ether oxygens (including phenoxy) is 1. The van der Waals surface area contributed by atoms with E-state index in [1.54, 1.807) is 20.8 Å². The van der Waals surface area contributed by atoms with E-state index in [-0.39, 0.29) is 21.2 Å². The molecule has 8 heteroatoms. The van der Waals surface area contributed by atoms with Crippen molar-refractivity contribution in [3.05, 3.63) is 69.2 Å². The first-order valence-corrected chi connectivity index (χ1v) is 9.86. The van der Waals surface area contributed by atoms with Gasteiger partial charge in [0.25, 0.3) is 0 Å². The van der Waals surface area contributed by atoms with Crippen LogP contribution >= 0.6 is 23.2 Å². The van der Waals surface area contributed by atoms with Crippen LogP contribution in [-0.2, 0) is 14.9 Å². The van der Waals surface area contributed by atoms with Gasteiger partial charge in [0, 0.05) is 16.5 Å². The first-order valence-electron chi connectivity index (χ1n) is 9.11. The molecule has 160 valence electrons. The first-order chi connectivity index (χ1) is 13.8. The molecule has 0 aromatic heterocycles. The van der Waals surface area contributed by atoms with Gasteiger partial charge in [0.2, 0.25) is 0 Å². The fourth-order valence-electron chi connectivity index (χ4n) is 3.34. The van der Waals surface area contributed by atoms with Crippen molar-refractivity contribution in [2.24, 2.45) is 5.73 Å². The van der Waals surface area contributed by atoms with Gasteiger partial charge in [-0.25, -0.2) is 8.78 Å². The minimum absolute atomic E-state index is 0.0854. The number of esters is 1. The van der Waals surface area contributed by atoms with Crippen molar-refractivity contribution in [1.29, 1.82) is 5.26 Å². The van der Waals surface area contributed by atoms with Crippen molar-refractivity contribution in [2.45, 2.75) is 50.7 Å². The van der Waals surface area contributed by atoms with Gasteiger partial charge in [0.15, 0.2) is 0 Å². The average molecular weight is 455 g/mol. The Hall–Kier alpha value is -2.20. The maximum absolute atomic E-state index is 15.0. The lowest BCUT2D eigenvalue weighted by Crippen LogP contribution is -2.48. The van der Waals surface area contributed by atoms with E-state index >= 15 is 0 Å². The molecule has 2 aromatic carbocycles.